The van der Waals surface area contributed by atoms with Crippen LogP contribution < -0.4 is 19.9 Å². The van der Waals surface area contributed by atoms with Gasteiger partial charge in [0.1, 0.15) is 28.9 Å². The number of esters is 1. The molecule has 0 aromatic heterocycles. The Balaban J connectivity index is 1.67. The fourth-order valence-corrected chi connectivity index (χ4v) is 4.00. The lowest BCUT2D eigenvalue weighted by molar-refractivity contribution is 0.0733. The van der Waals surface area contributed by atoms with E-state index in [4.69, 9.17) is 19.9 Å². The standard InChI is InChI=1S/C25H19BrN2O4/c1-2-30-16-9-7-15(8-10-16)23-19-12-11-17(13-22(19)32-24(28)20(23)14-27)31-25(29)18-5-3-4-6-21(18)26/h3-13,23H,2,28H2,1H3. The van der Waals surface area contributed by atoms with E-state index >= 15 is 0 Å². The first kappa shape index (κ1) is 21.5. The highest BCUT2D eigenvalue weighted by molar-refractivity contribution is 9.10. The molecule has 32 heavy (non-hydrogen) atoms. The van der Waals surface area contributed by atoms with Crippen LogP contribution in [0.15, 0.2) is 82.7 Å². The van der Waals surface area contributed by atoms with Crippen LogP contribution in [0, 0.1) is 11.3 Å². The molecule has 1 aliphatic heterocycles. The quantitative estimate of drug-likeness (QED) is 0.385. The molecule has 0 spiro atoms. The molecule has 3 aromatic carbocycles. The van der Waals surface area contributed by atoms with Crippen molar-refractivity contribution in [1.29, 1.82) is 5.26 Å². The third-order valence-electron chi connectivity index (χ3n) is 5.02. The van der Waals surface area contributed by atoms with Crippen LogP contribution in [0.2, 0.25) is 0 Å². The Hall–Kier alpha value is -3.76. The summed E-state index contributed by atoms with van der Waals surface area (Å²) in [4.78, 5) is 12.6. The molecular formula is C25H19BrN2O4. The van der Waals surface area contributed by atoms with Crippen LogP contribution >= 0.6 is 15.9 Å². The number of allylic oxidation sites excluding steroid dienone is 1. The van der Waals surface area contributed by atoms with Gasteiger partial charge >= 0.3 is 5.97 Å². The summed E-state index contributed by atoms with van der Waals surface area (Å²) in [5.74, 6) is 0.590. The van der Waals surface area contributed by atoms with Crippen molar-refractivity contribution in [2.75, 3.05) is 6.61 Å². The number of rotatable bonds is 5. The lowest BCUT2D eigenvalue weighted by Crippen LogP contribution is -2.21. The molecule has 0 saturated carbocycles. The summed E-state index contributed by atoms with van der Waals surface area (Å²) in [5.41, 5.74) is 8.42. The number of nitrogens with zero attached hydrogens (tertiary/aromatic N) is 1. The van der Waals surface area contributed by atoms with Gasteiger partial charge in [-0.15, -0.1) is 0 Å². The minimum absolute atomic E-state index is 0.0214. The molecule has 0 aliphatic carbocycles. The maximum atomic E-state index is 12.6. The van der Waals surface area contributed by atoms with Crippen LogP contribution in [0.4, 0.5) is 0 Å². The zero-order chi connectivity index (χ0) is 22.7. The minimum Gasteiger partial charge on any atom is -0.494 e. The van der Waals surface area contributed by atoms with Crippen LogP contribution in [0.5, 0.6) is 17.2 Å². The Morgan fingerprint density at radius 1 is 1.12 bits per heavy atom. The summed E-state index contributed by atoms with van der Waals surface area (Å²) >= 11 is 3.35. The predicted molar refractivity (Wildman–Crippen MR) is 122 cm³/mol. The van der Waals surface area contributed by atoms with E-state index < -0.39 is 11.9 Å². The van der Waals surface area contributed by atoms with Gasteiger partial charge in [-0.25, -0.2) is 4.79 Å². The van der Waals surface area contributed by atoms with E-state index in [2.05, 4.69) is 22.0 Å². The molecule has 2 N–H and O–H groups in total. The zero-order valence-electron chi connectivity index (χ0n) is 17.2. The highest BCUT2D eigenvalue weighted by Crippen LogP contribution is 2.43. The number of carbonyl (C=O) groups is 1. The van der Waals surface area contributed by atoms with Crippen molar-refractivity contribution in [3.63, 3.8) is 0 Å². The van der Waals surface area contributed by atoms with E-state index in [-0.39, 0.29) is 5.88 Å². The molecule has 0 amide bonds. The molecule has 1 aliphatic rings. The number of fused-ring (bicyclic) bond motifs is 1. The van der Waals surface area contributed by atoms with Gasteiger partial charge in [0.25, 0.3) is 0 Å². The van der Waals surface area contributed by atoms with Crippen LogP contribution in [0.3, 0.4) is 0 Å². The number of hydrogen-bond donors (Lipinski definition) is 1. The Bertz CT molecular complexity index is 1250. The molecular weight excluding hydrogens is 472 g/mol. The molecule has 0 saturated heterocycles. The number of ether oxygens (including phenoxy) is 3. The fraction of sp³-hybridized carbons (Fsp3) is 0.120. The Labute approximate surface area is 194 Å². The second-order valence-electron chi connectivity index (χ2n) is 7.00. The van der Waals surface area contributed by atoms with Crippen molar-refractivity contribution in [2.45, 2.75) is 12.8 Å². The van der Waals surface area contributed by atoms with Gasteiger partial charge in [0, 0.05) is 16.1 Å². The summed E-state index contributed by atoms with van der Waals surface area (Å²) in [7, 11) is 0. The molecule has 3 aromatic rings. The summed E-state index contributed by atoms with van der Waals surface area (Å²) in [6.45, 7) is 2.48. The summed E-state index contributed by atoms with van der Waals surface area (Å²) in [5, 5.41) is 9.72. The van der Waals surface area contributed by atoms with Crippen molar-refractivity contribution < 1.29 is 19.0 Å². The number of carbonyl (C=O) groups excluding carboxylic acids is 1. The first-order valence-corrected chi connectivity index (χ1v) is 10.7. The van der Waals surface area contributed by atoms with Gasteiger partial charge in [-0.1, -0.05) is 30.3 Å². The molecule has 0 radical (unpaired) electrons. The maximum absolute atomic E-state index is 12.6. The van der Waals surface area contributed by atoms with Gasteiger partial charge in [0.2, 0.25) is 5.88 Å². The van der Waals surface area contributed by atoms with Crippen LogP contribution in [0.1, 0.15) is 34.3 Å². The molecule has 1 atom stereocenters. The van der Waals surface area contributed by atoms with E-state index in [9.17, 15) is 10.1 Å². The van der Waals surface area contributed by atoms with E-state index in [1.54, 1.807) is 36.4 Å². The minimum atomic E-state index is -0.502. The van der Waals surface area contributed by atoms with Crippen molar-refractivity contribution in [2.24, 2.45) is 5.73 Å². The van der Waals surface area contributed by atoms with Crippen LogP contribution in [-0.2, 0) is 0 Å². The molecule has 1 unspecified atom stereocenters. The first-order valence-electron chi connectivity index (χ1n) is 9.92. The molecule has 0 bridgehead atoms. The Morgan fingerprint density at radius 2 is 1.84 bits per heavy atom. The number of halogens is 1. The molecule has 0 fully saturated rings. The van der Waals surface area contributed by atoms with Crippen molar-refractivity contribution >= 4 is 21.9 Å². The summed E-state index contributed by atoms with van der Waals surface area (Å²) in [6.07, 6.45) is 0. The molecule has 160 valence electrons. The topological polar surface area (TPSA) is 94.6 Å². The maximum Gasteiger partial charge on any atom is 0.344 e. The van der Waals surface area contributed by atoms with Crippen LogP contribution in [0.25, 0.3) is 0 Å². The van der Waals surface area contributed by atoms with E-state index in [1.165, 1.54) is 0 Å². The molecule has 7 heteroatoms. The summed E-state index contributed by atoms with van der Waals surface area (Å²) < 4.78 is 17.4. The zero-order valence-corrected chi connectivity index (χ0v) is 18.8. The highest BCUT2D eigenvalue weighted by Gasteiger charge is 2.31. The highest BCUT2D eigenvalue weighted by atomic mass is 79.9. The molecule has 4 rings (SSSR count). The van der Waals surface area contributed by atoms with Crippen LogP contribution in [-0.4, -0.2) is 12.6 Å². The number of benzene rings is 3. The largest absolute Gasteiger partial charge is 0.494 e. The lowest BCUT2D eigenvalue weighted by Gasteiger charge is -2.26. The Morgan fingerprint density at radius 3 is 2.53 bits per heavy atom. The first-order chi connectivity index (χ1) is 15.5. The number of nitriles is 1. The average molecular weight is 491 g/mol. The SMILES string of the molecule is CCOc1ccc(C2C(C#N)=C(N)Oc3cc(OC(=O)c4ccccc4Br)ccc32)cc1. The predicted octanol–water partition coefficient (Wildman–Crippen LogP) is 5.29. The van der Waals surface area contributed by atoms with Crippen molar-refractivity contribution in [3.8, 4) is 23.3 Å². The third-order valence-corrected chi connectivity index (χ3v) is 5.71. The van der Waals surface area contributed by atoms with Gasteiger partial charge in [-0.2, -0.15) is 5.26 Å². The van der Waals surface area contributed by atoms with Crippen molar-refractivity contribution in [3.05, 3.63) is 99.3 Å². The van der Waals surface area contributed by atoms with Gasteiger partial charge in [0.05, 0.1) is 18.1 Å². The third kappa shape index (κ3) is 4.18. The van der Waals surface area contributed by atoms with Gasteiger partial charge in [-0.05, 0) is 58.7 Å². The van der Waals surface area contributed by atoms with Crippen molar-refractivity contribution in [1.82, 2.24) is 0 Å². The van der Waals surface area contributed by atoms with Gasteiger partial charge in [0.15, 0.2) is 0 Å². The second-order valence-corrected chi connectivity index (χ2v) is 7.85. The van der Waals surface area contributed by atoms with E-state index in [0.29, 0.717) is 33.7 Å². The normalized spacial score (nSPS) is 14.7. The van der Waals surface area contributed by atoms with E-state index in [0.717, 1.165) is 16.9 Å². The fourth-order valence-electron chi connectivity index (χ4n) is 3.55. The monoisotopic (exact) mass is 490 g/mol. The smallest absolute Gasteiger partial charge is 0.344 e. The van der Waals surface area contributed by atoms with E-state index in [1.807, 2.05) is 37.3 Å². The average Bonchev–Trinajstić information content (AvgIpc) is 2.79. The van der Waals surface area contributed by atoms with Gasteiger partial charge in [-0.3, -0.25) is 0 Å². The molecule has 6 nitrogen and oxygen atoms in total. The second kappa shape index (κ2) is 9.16. The number of hydrogen-bond acceptors (Lipinski definition) is 6. The molecule has 1 heterocycles. The summed E-state index contributed by atoms with van der Waals surface area (Å²) in [6, 6.07) is 21.7. The number of nitrogens with two attached hydrogens (primary N) is 1. The Kier molecular flexibility index (Phi) is 6.15. The van der Waals surface area contributed by atoms with Gasteiger partial charge < -0.3 is 19.9 Å². The lowest BCUT2D eigenvalue weighted by atomic mass is 9.83.